The highest BCUT2D eigenvalue weighted by Crippen LogP contribution is 2.39. The molecule has 0 spiro atoms. The van der Waals surface area contributed by atoms with Gasteiger partial charge in [0.15, 0.2) is 10.8 Å². The van der Waals surface area contributed by atoms with Crippen molar-refractivity contribution in [1.29, 1.82) is 0 Å². The van der Waals surface area contributed by atoms with Crippen LogP contribution in [0.3, 0.4) is 0 Å². The van der Waals surface area contributed by atoms with E-state index < -0.39 is 17.5 Å². The second-order valence-corrected chi connectivity index (χ2v) is 21.1. The Morgan fingerprint density at radius 3 is 2.43 bits per heavy atom. The number of pyridine rings is 1. The average Bonchev–Trinajstić information content (AvgIpc) is 3.93. The molecule has 72 heavy (non-hydrogen) atoms. The molecule has 7 aromatic rings. The van der Waals surface area contributed by atoms with Gasteiger partial charge in [-0.15, -0.1) is 0 Å². The van der Waals surface area contributed by atoms with Crippen molar-refractivity contribution in [1.82, 2.24) is 25.1 Å². The fourth-order valence-electron chi connectivity index (χ4n) is 10.4. The van der Waals surface area contributed by atoms with Crippen molar-refractivity contribution in [3.63, 3.8) is 0 Å². The van der Waals surface area contributed by atoms with Crippen LogP contribution in [0.1, 0.15) is 121 Å². The van der Waals surface area contributed by atoms with Crippen molar-refractivity contribution in [3.05, 3.63) is 125 Å². The number of piperidine rings is 1. The lowest BCUT2D eigenvalue weighted by Gasteiger charge is -2.31. The molecule has 1 unspecified atom stereocenters. The second kappa shape index (κ2) is 20.0. The van der Waals surface area contributed by atoms with E-state index in [1.165, 1.54) is 11.3 Å². The zero-order chi connectivity index (χ0) is 50.3. The highest BCUT2D eigenvalue weighted by atomic mass is 32.1. The number of nitrogens with zero attached hydrogens (tertiary/aromatic N) is 5. The molecule has 370 valence electrons. The van der Waals surface area contributed by atoms with E-state index in [-0.39, 0.29) is 41.8 Å². The van der Waals surface area contributed by atoms with E-state index >= 15 is 0 Å². The largest absolute Gasteiger partial charge is 0.490 e. The third-order valence-electron chi connectivity index (χ3n) is 14.0. The van der Waals surface area contributed by atoms with Crippen molar-refractivity contribution < 1.29 is 33.4 Å². The van der Waals surface area contributed by atoms with Crippen LogP contribution in [0.2, 0.25) is 0 Å². The Morgan fingerprint density at radius 1 is 0.847 bits per heavy atom. The van der Waals surface area contributed by atoms with Gasteiger partial charge in [0.05, 0.1) is 39.1 Å². The number of ether oxygens (including phenoxy) is 2. The molecule has 5 heterocycles. The number of fused-ring (bicyclic) bond motifs is 3. The standard InChI is InChI=1S/C56H58N8O7S/c1-32-36(12-10-17-44(32)70-35-22-19-33(20-23-35)21-27-47(65)57-43-16-9-14-39-49(62-63(5)51(39)43)40-25-28-48(66)60-53(40)68)37-24-26-46(59-50(37)54(69)71-56(2,3)4)64-30-29-34-11-8-13-38(41(34)31-64)52(67)61-55-58-42-15-6-7-18-45(42)72-55/h6-18,24,26,33,35,40H,19-23,25,27-31H2,1-5H3,(H,57,65)(H,58,61,67)(H,60,66,68). The number of carbonyl (C=O) groups is 5. The minimum Gasteiger partial charge on any atom is -0.490 e. The Morgan fingerprint density at radius 2 is 1.64 bits per heavy atom. The van der Waals surface area contributed by atoms with Crippen LogP contribution in [0.15, 0.2) is 91.0 Å². The highest BCUT2D eigenvalue weighted by Gasteiger charge is 2.33. The number of esters is 1. The summed E-state index contributed by atoms with van der Waals surface area (Å²) in [6, 6.07) is 29.0. The number of aromatic nitrogens is 4. The summed E-state index contributed by atoms with van der Waals surface area (Å²) in [7, 11) is 1.80. The van der Waals surface area contributed by atoms with Gasteiger partial charge in [-0.2, -0.15) is 5.10 Å². The quantitative estimate of drug-likeness (QED) is 0.0781. The number of hydrogen-bond acceptors (Lipinski definition) is 12. The molecule has 0 bridgehead atoms. The van der Waals surface area contributed by atoms with Crippen molar-refractivity contribution in [2.24, 2.45) is 13.0 Å². The number of thiazole rings is 1. The lowest BCUT2D eigenvalue weighted by molar-refractivity contribution is -0.134. The number of benzene rings is 4. The molecule has 3 aliphatic rings. The number of para-hydroxylation sites is 2. The minimum absolute atomic E-state index is 0.00832. The number of rotatable bonds is 12. The molecule has 2 fully saturated rings. The molecule has 1 saturated carbocycles. The van der Waals surface area contributed by atoms with Gasteiger partial charge in [0.1, 0.15) is 17.2 Å². The number of imide groups is 1. The third kappa shape index (κ3) is 10.2. The first-order chi connectivity index (χ1) is 34.7. The average molecular weight is 987 g/mol. The van der Waals surface area contributed by atoms with E-state index in [9.17, 15) is 24.0 Å². The maximum Gasteiger partial charge on any atom is 0.358 e. The van der Waals surface area contributed by atoms with Gasteiger partial charge < -0.3 is 19.7 Å². The fraction of sp³-hybridized carbons (Fsp3) is 0.357. The molecule has 16 heteroatoms. The second-order valence-electron chi connectivity index (χ2n) is 20.1. The van der Waals surface area contributed by atoms with Gasteiger partial charge in [-0.25, -0.2) is 14.8 Å². The van der Waals surface area contributed by atoms with Gasteiger partial charge in [-0.1, -0.05) is 59.9 Å². The van der Waals surface area contributed by atoms with Crippen molar-refractivity contribution in [2.75, 3.05) is 22.1 Å². The van der Waals surface area contributed by atoms with E-state index in [0.717, 1.165) is 81.2 Å². The number of hydrogen-bond donors (Lipinski definition) is 3. The van der Waals surface area contributed by atoms with E-state index in [1.54, 1.807) is 11.7 Å². The van der Waals surface area contributed by atoms with Crippen LogP contribution in [-0.2, 0) is 39.1 Å². The van der Waals surface area contributed by atoms with Crippen LogP contribution in [0, 0.1) is 12.8 Å². The SMILES string of the molecule is Cc1c(OC2CCC(CCC(=O)Nc3cccc4c(C5CCC(=O)NC5=O)nn(C)c34)CC2)cccc1-c1ccc(N2CCc3cccc(C(=O)Nc4nc5ccccc5s4)c3C2)nc1C(=O)OC(C)(C)C. The van der Waals surface area contributed by atoms with Crippen molar-refractivity contribution in [2.45, 2.75) is 110 Å². The van der Waals surface area contributed by atoms with E-state index in [0.29, 0.717) is 71.7 Å². The molecular weight excluding hydrogens is 929 g/mol. The third-order valence-corrected chi connectivity index (χ3v) is 15.0. The van der Waals surface area contributed by atoms with Crippen LogP contribution < -0.4 is 25.6 Å². The summed E-state index contributed by atoms with van der Waals surface area (Å²) in [6.45, 7) is 8.60. The molecule has 10 rings (SSSR count). The molecule has 1 aliphatic carbocycles. The summed E-state index contributed by atoms with van der Waals surface area (Å²) < 4.78 is 15.4. The van der Waals surface area contributed by atoms with Gasteiger partial charge in [0.25, 0.3) is 5.91 Å². The Bertz CT molecular complexity index is 3240. The van der Waals surface area contributed by atoms with Crippen LogP contribution in [-0.4, -0.2) is 67.6 Å². The molecule has 3 aromatic heterocycles. The smallest absolute Gasteiger partial charge is 0.358 e. The molecule has 0 radical (unpaired) electrons. The molecule has 4 amide bonds. The maximum absolute atomic E-state index is 14.1. The molecule has 1 atom stereocenters. The van der Waals surface area contributed by atoms with Crippen LogP contribution >= 0.6 is 11.3 Å². The Hall–Kier alpha value is -7.46. The monoisotopic (exact) mass is 986 g/mol. The Kier molecular flexibility index (Phi) is 13.4. The number of anilines is 3. The summed E-state index contributed by atoms with van der Waals surface area (Å²) in [5.41, 5.74) is 7.18. The maximum atomic E-state index is 14.1. The first kappa shape index (κ1) is 48.2. The minimum atomic E-state index is -0.760. The molecule has 4 aromatic carbocycles. The predicted molar refractivity (Wildman–Crippen MR) is 278 cm³/mol. The van der Waals surface area contributed by atoms with Crippen molar-refractivity contribution in [3.8, 4) is 16.9 Å². The first-order valence-electron chi connectivity index (χ1n) is 24.8. The lowest BCUT2D eigenvalue weighted by Crippen LogP contribution is -2.39. The summed E-state index contributed by atoms with van der Waals surface area (Å²) in [4.78, 5) is 77.5. The Labute approximate surface area is 421 Å². The zero-order valence-electron chi connectivity index (χ0n) is 41.2. The van der Waals surface area contributed by atoms with Gasteiger partial charge in [0.2, 0.25) is 17.7 Å². The number of nitrogens with one attached hydrogen (secondary N) is 3. The van der Waals surface area contributed by atoms with E-state index in [2.05, 4.69) is 37.0 Å². The predicted octanol–water partition coefficient (Wildman–Crippen LogP) is 10.2. The molecule has 15 nitrogen and oxygen atoms in total. The van der Waals surface area contributed by atoms with Crippen LogP contribution in [0.4, 0.5) is 16.6 Å². The molecule has 1 saturated heterocycles. The van der Waals surface area contributed by atoms with E-state index in [1.807, 2.05) is 113 Å². The summed E-state index contributed by atoms with van der Waals surface area (Å²) >= 11 is 1.44. The fourth-order valence-corrected chi connectivity index (χ4v) is 11.2. The molecule has 3 N–H and O–H groups in total. The van der Waals surface area contributed by atoms with Gasteiger partial charge in [-0.05, 0) is 143 Å². The normalized spacial score (nSPS) is 18.1. The van der Waals surface area contributed by atoms with Crippen LogP contribution in [0.5, 0.6) is 5.75 Å². The van der Waals surface area contributed by atoms with Crippen molar-refractivity contribution >= 4 is 78.7 Å². The molecular formula is C56H58N8O7S. The lowest BCUT2D eigenvalue weighted by atomic mass is 9.84. The first-order valence-corrected chi connectivity index (χ1v) is 25.6. The number of aryl methyl sites for hydroxylation is 1. The van der Waals surface area contributed by atoms with Gasteiger partial charge in [0, 0.05) is 49.5 Å². The summed E-state index contributed by atoms with van der Waals surface area (Å²) in [6.07, 6.45) is 5.99. The Balaban J connectivity index is 0.793. The van der Waals surface area contributed by atoms with E-state index in [4.69, 9.17) is 14.5 Å². The number of carbonyl (C=O) groups excluding carboxylic acids is 5. The topological polar surface area (TPSA) is 187 Å². The summed E-state index contributed by atoms with van der Waals surface area (Å²) in [5, 5.41) is 14.5. The zero-order valence-corrected chi connectivity index (χ0v) is 42.0. The van der Waals surface area contributed by atoms with Gasteiger partial charge in [-0.3, -0.25) is 34.5 Å². The van der Waals surface area contributed by atoms with Gasteiger partial charge >= 0.3 is 5.97 Å². The molecule has 2 aliphatic heterocycles. The summed E-state index contributed by atoms with van der Waals surface area (Å²) in [5.74, 6) is -0.264. The highest BCUT2D eigenvalue weighted by molar-refractivity contribution is 7.22. The number of amides is 4. The van der Waals surface area contributed by atoms with Crippen LogP contribution in [0.25, 0.3) is 32.2 Å².